The molecule has 0 unspecified atom stereocenters. The van der Waals surface area contributed by atoms with Crippen molar-refractivity contribution in [3.05, 3.63) is 80.1 Å². The van der Waals surface area contributed by atoms with E-state index in [1.165, 1.54) is 30.3 Å². The van der Waals surface area contributed by atoms with Crippen LogP contribution in [0.3, 0.4) is 0 Å². The zero-order chi connectivity index (χ0) is 17.7. The van der Waals surface area contributed by atoms with Crippen LogP contribution in [0.1, 0.15) is 5.56 Å². The van der Waals surface area contributed by atoms with Gasteiger partial charge in [0.2, 0.25) is 11.7 Å². The molecule has 0 bridgehead atoms. The largest absolute Gasteiger partial charge is 0.322 e. The molecule has 8 nitrogen and oxygen atoms in total. The summed E-state index contributed by atoms with van der Waals surface area (Å²) in [7, 11) is 0. The van der Waals surface area contributed by atoms with Gasteiger partial charge in [-0.2, -0.15) is 4.39 Å². The molecule has 0 aliphatic rings. The molecule has 0 aliphatic carbocycles. The quantitative estimate of drug-likeness (QED) is 0.513. The minimum atomic E-state index is -1.01. The zero-order valence-electron chi connectivity index (χ0n) is 12.0. The van der Waals surface area contributed by atoms with Crippen molar-refractivity contribution in [3.63, 3.8) is 0 Å². The number of hydrogen-bond acceptors (Lipinski definition) is 5. The second-order valence-corrected chi connectivity index (χ2v) is 4.60. The molecular weight excluding hydrogens is 321 g/mol. The molecule has 0 spiro atoms. The molecule has 0 fully saturated rings. The number of benzene rings is 2. The van der Waals surface area contributed by atoms with Crippen LogP contribution in [0, 0.1) is 26.0 Å². The maximum atomic E-state index is 13.2. The number of carbonyl (C=O) groups is 1. The fraction of sp³-hybridized carbons (Fsp3) is 0. The molecule has 1 N–H and O–H groups in total. The van der Waals surface area contributed by atoms with Crippen LogP contribution in [-0.4, -0.2) is 15.8 Å². The van der Waals surface area contributed by atoms with Crippen molar-refractivity contribution < 1.29 is 19.0 Å². The third-order valence-electron chi connectivity index (χ3n) is 2.92. The summed E-state index contributed by atoms with van der Waals surface area (Å²) < 4.78 is 13.2. The first kappa shape index (κ1) is 16.7. The lowest BCUT2D eigenvalue weighted by Gasteiger charge is -2.02. The Morgan fingerprint density at radius 1 is 1.08 bits per heavy atom. The molecule has 2 aromatic rings. The number of halogens is 1. The van der Waals surface area contributed by atoms with Gasteiger partial charge in [0.05, 0.1) is 9.85 Å². The molecule has 122 valence electrons. The Bertz CT molecular complexity index is 851. The molecule has 1 amide bonds. The van der Waals surface area contributed by atoms with Gasteiger partial charge in [0.25, 0.3) is 5.69 Å². The highest BCUT2D eigenvalue weighted by molar-refractivity contribution is 6.02. The summed E-state index contributed by atoms with van der Waals surface area (Å²) in [6, 6.07) is 8.59. The zero-order valence-corrected chi connectivity index (χ0v) is 12.0. The van der Waals surface area contributed by atoms with E-state index >= 15 is 0 Å². The van der Waals surface area contributed by atoms with Crippen LogP contribution >= 0.6 is 0 Å². The number of amides is 1. The summed E-state index contributed by atoms with van der Waals surface area (Å²) in [5.41, 5.74) is -0.386. The maximum Gasteiger partial charge on any atom is 0.306 e. The predicted octanol–water partition coefficient (Wildman–Crippen LogP) is 3.29. The first-order valence-corrected chi connectivity index (χ1v) is 6.54. The Kier molecular flexibility index (Phi) is 4.95. The summed E-state index contributed by atoms with van der Waals surface area (Å²) in [6.07, 6.45) is 2.45. The summed E-state index contributed by atoms with van der Waals surface area (Å²) in [5.74, 6) is -1.63. The minimum Gasteiger partial charge on any atom is -0.322 e. The number of nitro groups is 2. The highest BCUT2D eigenvalue weighted by atomic mass is 19.1. The number of non-ortho nitro benzene ring substituents is 1. The third kappa shape index (κ3) is 4.19. The maximum absolute atomic E-state index is 13.2. The smallest absolute Gasteiger partial charge is 0.306 e. The van der Waals surface area contributed by atoms with Crippen LogP contribution in [0.15, 0.2) is 48.5 Å². The summed E-state index contributed by atoms with van der Waals surface area (Å²) in [5, 5.41) is 23.6. The Labute approximate surface area is 134 Å². The number of hydrogen-bond donors (Lipinski definition) is 1. The van der Waals surface area contributed by atoms with E-state index < -0.39 is 27.3 Å². The molecule has 0 aromatic heterocycles. The molecule has 24 heavy (non-hydrogen) atoms. The van der Waals surface area contributed by atoms with Crippen molar-refractivity contribution >= 4 is 29.0 Å². The van der Waals surface area contributed by atoms with Crippen LogP contribution in [0.5, 0.6) is 0 Å². The number of rotatable bonds is 5. The summed E-state index contributed by atoms with van der Waals surface area (Å²) in [4.78, 5) is 31.6. The summed E-state index contributed by atoms with van der Waals surface area (Å²) in [6.45, 7) is 0. The molecule has 0 atom stereocenters. The van der Waals surface area contributed by atoms with Crippen LogP contribution in [0.2, 0.25) is 0 Å². The van der Waals surface area contributed by atoms with E-state index in [2.05, 4.69) is 5.32 Å². The van der Waals surface area contributed by atoms with E-state index in [1.807, 2.05) is 0 Å². The van der Waals surface area contributed by atoms with Crippen molar-refractivity contribution in [2.45, 2.75) is 0 Å². The van der Waals surface area contributed by atoms with Gasteiger partial charge in [-0.25, -0.2) is 0 Å². The van der Waals surface area contributed by atoms with E-state index in [0.717, 1.165) is 18.2 Å². The van der Waals surface area contributed by atoms with Crippen molar-refractivity contribution in [2.24, 2.45) is 0 Å². The van der Waals surface area contributed by atoms with Gasteiger partial charge in [-0.3, -0.25) is 25.0 Å². The number of anilines is 1. The minimum absolute atomic E-state index is 0.0526. The number of nitrogens with zero attached hydrogens (tertiary/aromatic N) is 2. The molecule has 2 rings (SSSR count). The van der Waals surface area contributed by atoms with Gasteiger partial charge >= 0.3 is 5.69 Å². The molecular formula is C15H10FN3O5. The monoisotopic (exact) mass is 331 g/mol. The highest BCUT2D eigenvalue weighted by Gasteiger charge is 2.14. The molecule has 0 heterocycles. The second kappa shape index (κ2) is 7.09. The Hall–Kier alpha value is -3.62. The van der Waals surface area contributed by atoms with Crippen LogP contribution in [0.4, 0.5) is 21.5 Å². The SMILES string of the molecule is O=C(C=Cc1cccc([N+](=O)[O-])c1)Nc1ccc(F)c([N+](=O)[O-])c1. The van der Waals surface area contributed by atoms with Crippen molar-refractivity contribution in [2.75, 3.05) is 5.32 Å². The van der Waals surface area contributed by atoms with Gasteiger partial charge in [-0.1, -0.05) is 12.1 Å². The Morgan fingerprint density at radius 3 is 2.50 bits per heavy atom. The highest BCUT2D eigenvalue weighted by Crippen LogP contribution is 2.21. The van der Waals surface area contributed by atoms with Gasteiger partial charge in [0.1, 0.15) is 0 Å². The van der Waals surface area contributed by atoms with E-state index in [-0.39, 0.29) is 11.4 Å². The number of nitro benzene ring substituents is 2. The first-order valence-electron chi connectivity index (χ1n) is 6.54. The lowest BCUT2D eigenvalue weighted by Crippen LogP contribution is -2.08. The van der Waals surface area contributed by atoms with Crippen molar-refractivity contribution in [1.82, 2.24) is 0 Å². The molecule has 0 aliphatic heterocycles. The van der Waals surface area contributed by atoms with Gasteiger partial charge < -0.3 is 5.32 Å². The average Bonchev–Trinajstić information content (AvgIpc) is 2.54. The van der Waals surface area contributed by atoms with E-state index in [9.17, 15) is 29.4 Å². The van der Waals surface area contributed by atoms with Crippen LogP contribution < -0.4 is 5.32 Å². The van der Waals surface area contributed by atoms with Gasteiger partial charge in [-0.15, -0.1) is 0 Å². The normalized spacial score (nSPS) is 10.5. The van der Waals surface area contributed by atoms with Crippen molar-refractivity contribution in [1.29, 1.82) is 0 Å². The topological polar surface area (TPSA) is 115 Å². The second-order valence-electron chi connectivity index (χ2n) is 4.60. The Morgan fingerprint density at radius 2 is 1.83 bits per heavy atom. The van der Waals surface area contributed by atoms with Gasteiger partial charge in [0.15, 0.2) is 0 Å². The molecule has 0 radical (unpaired) electrons. The van der Waals surface area contributed by atoms with Crippen molar-refractivity contribution in [3.8, 4) is 0 Å². The molecule has 0 saturated carbocycles. The van der Waals surface area contributed by atoms with Crippen LogP contribution in [0.25, 0.3) is 6.08 Å². The van der Waals surface area contributed by atoms with E-state index in [1.54, 1.807) is 6.07 Å². The lowest BCUT2D eigenvalue weighted by molar-refractivity contribution is -0.387. The molecule has 0 saturated heterocycles. The fourth-order valence-corrected chi connectivity index (χ4v) is 1.83. The fourth-order valence-electron chi connectivity index (χ4n) is 1.83. The van der Waals surface area contributed by atoms with E-state index in [0.29, 0.717) is 5.56 Å². The molecule has 2 aromatic carbocycles. The van der Waals surface area contributed by atoms with Gasteiger partial charge in [-0.05, 0) is 23.8 Å². The van der Waals surface area contributed by atoms with Crippen LogP contribution in [-0.2, 0) is 4.79 Å². The third-order valence-corrected chi connectivity index (χ3v) is 2.92. The standard InChI is InChI=1S/C15H10FN3O5/c16-13-6-5-11(9-14(13)19(23)24)17-15(20)7-4-10-2-1-3-12(8-10)18(21)22/h1-9H,(H,17,20). The lowest BCUT2D eigenvalue weighted by atomic mass is 10.2. The number of nitrogens with one attached hydrogen (secondary N) is 1. The van der Waals surface area contributed by atoms with E-state index in [4.69, 9.17) is 0 Å². The first-order chi connectivity index (χ1) is 11.4. The number of carbonyl (C=O) groups excluding carboxylic acids is 1. The van der Waals surface area contributed by atoms with Gasteiger partial charge in [0, 0.05) is 30.0 Å². The average molecular weight is 331 g/mol. The summed E-state index contributed by atoms with van der Waals surface area (Å²) >= 11 is 0. The predicted molar refractivity (Wildman–Crippen MR) is 83.8 cm³/mol. The Balaban J connectivity index is 2.11. The molecule has 9 heteroatoms.